The van der Waals surface area contributed by atoms with E-state index in [9.17, 15) is 31.5 Å². The van der Waals surface area contributed by atoms with Crippen LogP contribution in [0.2, 0.25) is 0 Å². The lowest BCUT2D eigenvalue weighted by Crippen LogP contribution is -2.35. The lowest BCUT2D eigenvalue weighted by Gasteiger charge is -2.15. The quantitative estimate of drug-likeness (QED) is 0.531. The minimum absolute atomic E-state index is 0.175. The number of anilines is 1. The number of nitrogens with one attached hydrogen (secondary N) is 2. The molecule has 0 bridgehead atoms. The average molecular weight is 462 g/mol. The number of carbonyl (C=O) groups excluding carboxylic acids is 2. The van der Waals surface area contributed by atoms with Crippen LogP contribution in [0.4, 0.5) is 32.4 Å². The molecule has 2 aromatic carbocycles. The standard InChI is InChI=1S/C21H11F5N4O3/c22-14-2-1-3-15(23)18(14)19(31)30-20(32)29-12-5-6-16(13(8-12)21(24,25)26)33-17-7-4-11(9-27)10-28-17/h1-8,10H,(H2,29,30,31,32). The monoisotopic (exact) mass is 462 g/mol. The topological polar surface area (TPSA) is 104 Å². The van der Waals surface area contributed by atoms with Gasteiger partial charge in [0.1, 0.15) is 34.6 Å². The first-order valence-corrected chi connectivity index (χ1v) is 8.90. The summed E-state index contributed by atoms with van der Waals surface area (Å²) in [6.45, 7) is 0. The molecule has 12 heteroatoms. The number of ether oxygens (including phenoxy) is 1. The summed E-state index contributed by atoms with van der Waals surface area (Å²) in [5.41, 5.74) is -2.52. The molecule has 1 heterocycles. The molecule has 0 aliphatic heterocycles. The normalized spacial score (nSPS) is 10.8. The van der Waals surface area contributed by atoms with Crippen molar-refractivity contribution >= 4 is 17.6 Å². The molecule has 0 saturated carbocycles. The number of urea groups is 1. The summed E-state index contributed by atoms with van der Waals surface area (Å²) >= 11 is 0. The molecule has 0 atom stereocenters. The summed E-state index contributed by atoms with van der Waals surface area (Å²) in [6.07, 6.45) is -3.79. The molecule has 0 spiro atoms. The predicted octanol–water partition coefficient (Wildman–Crippen LogP) is 5.00. The van der Waals surface area contributed by atoms with Crippen LogP contribution >= 0.6 is 0 Å². The second-order valence-corrected chi connectivity index (χ2v) is 6.31. The van der Waals surface area contributed by atoms with E-state index >= 15 is 0 Å². The van der Waals surface area contributed by atoms with Gasteiger partial charge < -0.3 is 10.1 Å². The van der Waals surface area contributed by atoms with Crippen molar-refractivity contribution in [3.63, 3.8) is 0 Å². The van der Waals surface area contributed by atoms with E-state index in [0.717, 1.165) is 36.5 Å². The van der Waals surface area contributed by atoms with Crippen LogP contribution in [0.1, 0.15) is 21.5 Å². The van der Waals surface area contributed by atoms with Crippen molar-refractivity contribution in [3.05, 3.63) is 83.1 Å². The molecule has 3 aromatic rings. The summed E-state index contributed by atoms with van der Waals surface area (Å²) < 4.78 is 72.9. The number of aromatic nitrogens is 1. The Morgan fingerprint density at radius 1 is 1.03 bits per heavy atom. The first-order chi connectivity index (χ1) is 15.6. The molecule has 2 N–H and O–H groups in total. The Hall–Kier alpha value is -4.53. The second kappa shape index (κ2) is 9.31. The van der Waals surface area contributed by atoms with E-state index in [-0.39, 0.29) is 17.1 Å². The predicted molar refractivity (Wildman–Crippen MR) is 103 cm³/mol. The number of alkyl halides is 3. The van der Waals surface area contributed by atoms with E-state index in [4.69, 9.17) is 10.00 Å². The molecule has 168 valence electrons. The number of pyridine rings is 1. The summed E-state index contributed by atoms with van der Waals surface area (Å²) in [6, 6.07) is 8.06. The van der Waals surface area contributed by atoms with Gasteiger partial charge in [0.15, 0.2) is 0 Å². The highest BCUT2D eigenvalue weighted by Gasteiger charge is 2.35. The first kappa shape index (κ1) is 23.1. The molecular weight excluding hydrogens is 451 g/mol. The van der Waals surface area contributed by atoms with Crippen LogP contribution in [0.3, 0.4) is 0 Å². The summed E-state index contributed by atoms with van der Waals surface area (Å²) in [5, 5.41) is 12.3. The molecule has 0 unspecified atom stereocenters. The third-order valence-electron chi connectivity index (χ3n) is 4.04. The van der Waals surface area contributed by atoms with Crippen molar-refractivity contribution < 1.29 is 36.3 Å². The van der Waals surface area contributed by atoms with Crippen LogP contribution in [0.15, 0.2) is 54.7 Å². The molecule has 0 aliphatic carbocycles. The summed E-state index contributed by atoms with van der Waals surface area (Å²) in [7, 11) is 0. The van der Waals surface area contributed by atoms with Crippen LogP contribution < -0.4 is 15.4 Å². The largest absolute Gasteiger partial charge is 0.438 e. The van der Waals surface area contributed by atoms with Crippen molar-refractivity contribution in [1.29, 1.82) is 5.26 Å². The molecule has 0 radical (unpaired) electrons. The van der Waals surface area contributed by atoms with Crippen LogP contribution in [0, 0.1) is 23.0 Å². The van der Waals surface area contributed by atoms with E-state index in [2.05, 4.69) is 4.98 Å². The van der Waals surface area contributed by atoms with Crippen molar-refractivity contribution in [1.82, 2.24) is 10.3 Å². The average Bonchev–Trinajstić information content (AvgIpc) is 2.74. The van der Waals surface area contributed by atoms with Gasteiger partial charge in [0.25, 0.3) is 5.91 Å². The van der Waals surface area contributed by atoms with E-state index in [0.29, 0.717) is 6.07 Å². The zero-order valence-electron chi connectivity index (χ0n) is 16.2. The molecule has 33 heavy (non-hydrogen) atoms. The fourth-order valence-corrected chi connectivity index (χ4v) is 2.58. The van der Waals surface area contributed by atoms with E-state index < -0.39 is 46.6 Å². The van der Waals surface area contributed by atoms with Gasteiger partial charge in [-0.1, -0.05) is 6.07 Å². The lowest BCUT2D eigenvalue weighted by molar-refractivity contribution is -0.138. The number of nitriles is 1. The Morgan fingerprint density at radius 3 is 2.30 bits per heavy atom. The number of carbonyl (C=O) groups is 2. The third-order valence-corrected chi connectivity index (χ3v) is 4.04. The van der Waals surface area contributed by atoms with E-state index in [1.807, 2.05) is 5.32 Å². The number of benzene rings is 2. The van der Waals surface area contributed by atoms with E-state index in [1.165, 1.54) is 12.1 Å². The number of hydrogen-bond donors (Lipinski definition) is 2. The number of rotatable bonds is 4. The number of halogens is 5. The van der Waals surface area contributed by atoms with Crippen LogP contribution in [0.25, 0.3) is 0 Å². The second-order valence-electron chi connectivity index (χ2n) is 6.31. The van der Waals surface area contributed by atoms with Crippen molar-refractivity contribution in [2.75, 3.05) is 5.32 Å². The molecule has 3 amide bonds. The zero-order valence-corrected chi connectivity index (χ0v) is 16.2. The molecule has 0 fully saturated rings. The van der Waals surface area contributed by atoms with Gasteiger partial charge in [-0.05, 0) is 36.4 Å². The molecule has 1 aromatic heterocycles. The molecular formula is C21H11F5N4O3. The smallest absolute Gasteiger partial charge is 0.420 e. The fourth-order valence-electron chi connectivity index (χ4n) is 2.58. The lowest BCUT2D eigenvalue weighted by atomic mass is 10.1. The van der Waals surface area contributed by atoms with Crippen molar-refractivity contribution in [2.24, 2.45) is 0 Å². The fraction of sp³-hybridized carbons (Fsp3) is 0.0476. The Bertz CT molecular complexity index is 1230. The maximum absolute atomic E-state index is 13.6. The third kappa shape index (κ3) is 5.59. The van der Waals surface area contributed by atoms with Crippen molar-refractivity contribution in [3.8, 4) is 17.7 Å². The zero-order chi connectivity index (χ0) is 24.2. The van der Waals surface area contributed by atoms with Crippen LogP contribution in [-0.4, -0.2) is 16.9 Å². The minimum atomic E-state index is -4.90. The number of amides is 3. The number of hydrogen-bond acceptors (Lipinski definition) is 5. The maximum atomic E-state index is 13.6. The minimum Gasteiger partial charge on any atom is -0.438 e. The van der Waals surface area contributed by atoms with Gasteiger partial charge in [0, 0.05) is 18.0 Å². The molecule has 0 aliphatic rings. The van der Waals surface area contributed by atoms with Gasteiger partial charge in [-0.2, -0.15) is 18.4 Å². The van der Waals surface area contributed by atoms with Gasteiger partial charge in [0.05, 0.1) is 5.56 Å². The van der Waals surface area contributed by atoms with Gasteiger partial charge in [-0.25, -0.2) is 18.6 Å². The van der Waals surface area contributed by atoms with Crippen LogP contribution in [0.5, 0.6) is 11.6 Å². The highest BCUT2D eigenvalue weighted by atomic mass is 19.4. The molecule has 7 nitrogen and oxygen atoms in total. The summed E-state index contributed by atoms with van der Waals surface area (Å²) in [5.74, 6) is -4.73. The maximum Gasteiger partial charge on any atom is 0.420 e. The number of nitrogens with zero attached hydrogens (tertiary/aromatic N) is 2. The van der Waals surface area contributed by atoms with Gasteiger partial charge in [0.2, 0.25) is 5.88 Å². The highest BCUT2D eigenvalue weighted by molar-refractivity contribution is 6.08. The van der Waals surface area contributed by atoms with Crippen LogP contribution in [-0.2, 0) is 6.18 Å². The van der Waals surface area contributed by atoms with Crippen molar-refractivity contribution in [2.45, 2.75) is 6.18 Å². The first-order valence-electron chi connectivity index (χ1n) is 8.90. The molecule has 3 rings (SSSR count). The highest BCUT2D eigenvalue weighted by Crippen LogP contribution is 2.39. The van der Waals surface area contributed by atoms with Gasteiger partial charge in [-0.3, -0.25) is 10.1 Å². The molecule has 0 saturated heterocycles. The summed E-state index contributed by atoms with van der Waals surface area (Å²) in [4.78, 5) is 27.6. The Morgan fingerprint density at radius 2 is 1.73 bits per heavy atom. The van der Waals surface area contributed by atoms with E-state index in [1.54, 1.807) is 11.4 Å². The Labute approximate surface area is 182 Å². The van der Waals surface area contributed by atoms with Gasteiger partial charge in [-0.15, -0.1) is 0 Å². The number of imide groups is 1. The van der Waals surface area contributed by atoms with Gasteiger partial charge >= 0.3 is 12.2 Å². The Kier molecular flexibility index (Phi) is 6.53. The Balaban J connectivity index is 1.79. The SMILES string of the molecule is N#Cc1ccc(Oc2ccc(NC(=O)NC(=O)c3c(F)cccc3F)cc2C(F)(F)F)nc1.